The molecule has 1 aromatic rings. The third-order valence-electron chi connectivity index (χ3n) is 3.92. The standard InChI is InChI=1S/C16H26N2O2S/c1-3-11-18(14-9-10-17-13-14)15-7-5-6-8-16(15)21(19,20)12-4-2/h5-8,14,17H,3-4,9-13H2,1-2H3. The van der Waals surface area contributed by atoms with Crippen molar-refractivity contribution in [2.75, 3.05) is 30.3 Å². The molecule has 118 valence electrons. The zero-order chi connectivity index (χ0) is 15.3. The van der Waals surface area contributed by atoms with Gasteiger partial charge in [-0.25, -0.2) is 8.42 Å². The highest BCUT2D eigenvalue weighted by atomic mass is 32.2. The van der Waals surface area contributed by atoms with Crippen LogP contribution in [0.2, 0.25) is 0 Å². The minimum atomic E-state index is -3.20. The summed E-state index contributed by atoms with van der Waals surface area (Å²) in [6.07, 6.45) is 2.73. The Morgan fingerprint density at radius 1 is 1.24 bits per heavy atom. The first-order chi connectivity index (χ1) is 10.1. The summed E-state index contributed by atoms with van der Waals surface area (Å²) in [5.74, 6) is 0.215. The van der Waals surface area contributed by atoms with Crippen molar-refractivity contribution < 1.29 is 8.42 Å². The molecule has 1 aliphatic rings. The average molecular weight is 310 g/mol. The van der Waals surface area contributed by atoms with Gasteiger partial charge in [-0.2, -0.15) is 0 Å². The Balaban J connectivity index is 2.40. The van der Waals surface area contributed by atoms with Crippen LogP contribution in [0.15, 0.2) is 29.2 Å². The maximum atomic E-state index is 12.5. The van der Waals surface area contributed by atoms with Crippen LogP contribution < -0.4 is 10.2 Å². The Morgan fingerprint density at radius 3 is 2.62 bits per heavy atom. The van der Waals surface area contributed by atoms with Crippen LogP contribution in [0.4, 0.5) is 5.69 Å². The first-order valence-corrected chi connectivity index (χ1v) is 9.54. The molecule has 1 aliphatic heterocycles. The predicted octanol–water partition coefficient (Wildman–Crippen LogP) is 2.45. The number of nitrogens with one attached hydrogen (secondary N) is 1. The molecule has 1 N–H and O–H groups in total. The Morgan fingerprint density at radius 2 is 2.00 bits per heavy atom. The number of anilines is 1. The molecule has 2 rings (SSSR count). The average Bonchev–Trinajstić information content (AvgIpc) is 2.98. The fourth-order valence-corrected chi connectivity index (χ4v) is 4.53. The number of hydrogen-bond donors (Lipinski definition) is 1. The normalized spacial score (nSPS) is 18.9. The fraction of sp³-hybridized carbons (Fsp3) is 0.625. The molecule has 0 radical (unpaired) electrons. The molecule has 0 bridgehead atoms. The van der Waals surface area contributed by atoms with E-state index in [9.17, 15) is 8.42 Å². The monoisotopic (exact) mass is 310 g/mol. The van der Waals surface area contributed by atoms with Crippen molar-refractivity contribution in [2.45, 2.75) is 44.0 Å². The Bertz CT molecular complexity index is 551. The zero-order valence-corrected chi connectivity index (χ0v) is 13.8. The van der Waals surface area contributed by atoms with Crippen molar-refractivity contribution in [1.29, 1.82) is 0 Å². The SMILES string of the molecule is CCCN(c1ccccc1S(=O)(=O)CCC)C1CCNC1. The van der Waals surface area contributed by atoms with Crippen molar-refractivity contribution >= 4 is 15.5 Å². The summed E-state index contributed by atoms with van der Waals surface area (Å²) in [6.45, 7) is 6.88. The summed E-state index contributed by atoms with van der Waals surface area (Å²) in [5, 5.41) is 3.37. The van der Waals surface area contributed by atoms with E-state index in [0.29, 0.717) is 17.4 Å². The van der Waals surface area contributed by atoms with Gasteiger partial charge >= 0.3 is 0 Å². The maximum Gasteiger partial charge on any atom is 0.180 e. The number of nitrogens with zero attached hydrogens (tertiary/aromatic N) is 1. The van der Waals surface area contributed by atoms with Gasteiger partial charge in [-0.1, -0.05) is 26.0 Å². The lowest BCUT2D eigenvalue weighted by molar-refractivity contribution is 0.589. The molecule has 1 atom stereocenters. The molecule has 1 unspecified atom stereocenters. The van der Waals surface area contributed by atoms with Crippen molar-refractivity contribution in [2.24, 2.45) is 0 Å². The molecule has 1 heterocycles. The summed E-state index contributed by atoms with van der Waals surface area (Å²) in [7, 11) is -3.20. The van der Waals surface area contributed by atoms with E-state index in [4.69, 9.17) is 0 Å². The van der Waals surface area contributed by atoms with Crippen LogP contribution in [-0.4, -0.2) is 39.8 Å². The Hall–Kier alpha value is -1.07. The van der Waals surface area contributed by atoms with E-state index in [-0.39, 0.29) is 5.75 Å². The smallest absolute Gasteiger partial charge is 0.180 e. The molecule has 0 spiro atoms. The molecule has 1 aromatic carbocycles. The zero-order valence-electron chi connectivity index (χ0n) is 13.0. The Kier molecular flexibility index (Phi) is 5.65. The first kappa shape index (κ1) is 16.3. The third kappa shape index (κ3) is 3.77. The van der Waals surface area contributed by atoms with E-state index < -0.39 is 9.84 Å². The van der Waals surface area contributed by atoms with Crippen molar-refractivity contribution in [3.05, 3.63) is 24.3 Å². The van der Waals surface area contributed by atoms with Crippen molar-refractivity contribution in [3.8, 4) is 0 Å². The number of rotatable bonds is 7. The van der Waals surface area contributed by atoms with Gasteiger partial charge in [0.1, 0.15) is 0 Å². The van der Waals surface area contributed by atoms with E-state index in [1.165, 1.54) is 0 Å². The van der Waals surface area contributed by atoms with Crippen LogP contribution in [0.1, 0.15) is 33.1 Å². The van der Waals surface area contributed by atoms with Gasteiger partial charge < -0.3 is 10.2 Å². The summed E-state index contributed by atoms with van der Waals surface area (Å²) in [4.78, 5) is 2.77. The van der Waals surface area contributed by atoms with E-state index in [1.54, 1.807) is 6.07 Å². The van der Waals surface area contributed by atoms with Crippen molar-refractivity contribution in [1.82, 2.24) is 5.32 Å². The van der Waals surface area contributed by atoms with Crippen LogP contribution >= 0.6 is 0 Å². The van der Waals surface area contributed by atoms with E-state index in [0.717, 1.165) is 38.2 Å². The van der Waals surface area contributed by atoms with E-state index >= 15 is 0 Å². The fourth-order valence-electron chi connectivity index (χ4n) is 2.98. The summed E-state index contributed by atoms with van der Waals surface area (Å²) in [6, 6.07) is 7.86. The molecule has 5 heteroatoms. The molecule has 4 nitrogen and oxygen atoms in total. The van der Waals surface area contributed by atoms with Crippen LogP contribution in [0, 0.1) is 0 Å². The molecule has 1 fully saturated rings. The lowest BCUT2D eigenvalue weighted by atomic mass is 10.1. The first-order valence-electron chi connectivity index (χ1n) is 7.89. The molecule has 0 aliphatic carbocycles. The van der Waals surface area contributed by atoms with Gasteiger partial charge in [-0.15, -0.1) is 0 Å². The summed E-state index contributed by atoms with van der Waals surface area (Å²) in [5.41, 5.74) is 0.876. The maximum absolute atomic E-state index is 12.5. The van der Waals surface area contributed by atoms with Gasteiger partial charge in [0.25, 0.3) is 0 Å². The minimum absolute atomic E-state index is 0.215. The lowest BCUT2D eigenvalue weighted by Gasteiger charge is -2.32. The highest BCUT2D eigenvalue weighted by Gasteiger charge is 2.27. The Labute approximate surface area is 128 Å². The number of para-hydroxylation sites is 1. The number of benzene rings is 1. The summed E-state index contributed by atoms with van der Waals surface area (Å²) < 4.78 is 25.1. The van der Waals surface area contributed by atoms with Gasteiger partial charge in [0.05, 0.1) is 16.3 Å². The number of hydrogen-bond acceptors (Lipinski definition) is 4. The third-order valence-corrected chi connectivity index (χ3v) is 5.88. The molecule has 0 saturated carbocycles. The second-order valence-corrected chi connectivity index (χ2v) is 7.70. The van der Waals surface area contributed by atoms with Gasteiger partial charge in [-0.05, 0) is 37.9 Å². The largest absolute Gasteiger partial charge is 0.366 e. The minimum Gasteiger partial charge on any atom is -0.366 e. The van der Waals surface area contributed by atoms with Crippen LogP contribution in [-0.2, 0) is 9.84 Å². The van der Waals surface area contributed by atoms with E-state index in [2.05, 4.69) is 17.1 Å². The van der Waals surface area contributed by atoms with Crippen LogP contribution in [0.5, 0.6) is 0 Å². The van der Waals surface area contributed by atoms with Crippen molar-refractivity contribution in [3.63, 3.8) is 0 Å². The molecule has 0 amide bonds. The molecule has 21 heavy (non-hydrogen) atoms. The quantitative estimate of drug-likeness (QED) is 0.840. The second-order valence-electron chi connectivity index (χ2n) is 5.63. The highest BCUT2D eigenvalue weighted by Crippen LogP contribution is 2.29. The van der Waals surface area contributed by atoms with Crippen LogP contribution in [0.25, 0.3) is 0 Å². The van der Waals surface area contributed by atoms with Gasteiger partial charge in [0.15, 0.2) is 9.84 Å². The summed E-state index contributed by atoms with van der Waals surface area (Å²) >= 11 is 0. The van der Waals surface area contributed by atoms with Gasteiger partial charge in [-0.3, -0.25) is 0 Å². The number of sulfone groups is 1. The highest BCUT2D eigenvalue weighted by molar-refractivity contribution is 7.91. The molecular weight excluding hydrogens is 284 g/mol. The van der Waals surface area contributed by atoms with E-state index in [1.807, 2.05) is 25.1 Å². The predicted molar refractivity (Wildman–Crippen MR) is 87.7 cm³/mol. The molecule has 1 saturated heterocycles. The molecule has 0 aromatic heterocycles. The lowest BCUT2D eigenvalue weighted by Crippen LogP contribution is -2.38. The van der Waals surface area contributed by atoms with Crippen LogP contribution in [0.3, 0.4) is 0 Å². The molecular formula is C16H26N2O2S. The topological polar surface area (TPSA) is 49.4 Å². The van der Waals surface area contributed by atoms with Gasteiger partial charge in [0.2, 0.25) is 0 Å². The van der Waals surface area contributed by atoms with Gasteiger partial charge in [0, 0.05) is 19.1 Å². The second kappa shape index (κ2) is 7.27.